The molecule has 1 amide bonds. The highest BCUT2D eigenvalue weighted by Crippen LogP contribution is 2.26. The number of fused-ring (bicyclic) bond motifs is 2. The first kappa shape index (κ1) is 16.3. The fourth-order valence-corrected chi connectivity index (χ4v) is 3.28. The Kier molecular flexibility index (Phi) is 6.03. The molecular formula is C16H23ClN2O2. The highest BCUT2D eigenvalue weighted by atomic mass is 35.5. The van der Waals surface area contributed by atoms with E-state index in [4.69, 9.17) is 4.74 Å². The summed E-state index contributed by atoms with van der Waals surface area (Å²) in [5, 5.41) is 6.68. The van der Waals surface area contributed by atoms with E-state index in [1.807, 2.05) is 30.3 Å². The van der Waals surface area contributed by atoms with Gasteiger partial charge in [-0.1, -0.05) is 30.3 Å². The van der Waals surface area contributed by atoms with Crippen molar-refractivity contribution in [1.82, 2.24) is 10.6 Å². The van der Waals surface area contributed by atoms with Crippen molar-refractivity contribution < 1.29 is 9.53 Å². The maximum Gasteiger partial charge on any atom is 0.246 e. The minimum absolute atomic E-state index is 0. The molecule has 0 aliphatic carbocycles. The summed E-state index contributed by atoms with van der Waals surface area (Å²) in [6.45, 7) is 0.639. The van der Waals surface area contributed by atoms with E-state index in [-0.39, 0.29) is 24.9 Å². The molecule has 2 heterocycles. The van der Waals surface area contributed by atoms with Gasteiger partial charge in [0.15, 0.2) is 0 Å². The number of carbonyl (C=O) groups is 1. The summed E-state index contributed by atoms with van der Waals surface area (Å²) in [7, 11) is 0. The predicted molar refractivity (Wildman–Crippen MR) is 84.5 cm³/mol. The Morgan fingerprint density at radius 1 is 1.19 bits per heavy atom. The maximum absolute atomic E-state index is 11.9. The lowest BCUT2D eigenvalue weighted by Crippen LogP contribution is -2.48. The Balaban J connectivity index is 0.00000161. The second-order valence-corrected chi connectivity index (χ2v) is 5.85. The third-order valence-electron chi connectivity index (χ3n) is 4.18. The number of nitrogens with one attached hydrogen (secondary N) is 2. The van der Waals surface area contributed by atoms with E-state index in [9.17, 15) is 4.79 Å². The molecule has 21 heavy (non-hydrogen) atoms. The highest BCUT2D eigenvalue weighted by Gasteiger charge is 2.33. The van der Waals surface area contributed by atoms with Crippen molar-refractivity contribution in [3.05, 3.63) is 35.9 Å². The topological polar surface area (TPSA) is 50.4 Å². The van der Waals surface area contributed by atoms with Crippen LogP contribution in [0.5, 0.6) is 0 Å². The monoisotopic (exact) mass is 310 g/mol. The van der Waals surface area contributed by atoms with Crippen LogP contribution in [0.1, 0.15) is 31.2 Å². The Bertz CT molecular complexity index is 443. The summed E-state index contributed by atoms with van der Waals surface area (Å²) in [4.78, 5) is 11.9. The fraction of sp³-hybridized carbons (Fsp3) is 0.562. The van der Waals surface area contributed by atoms with Crippen molar-refractivity contribution in [2.45, 2.75) is 50.4 Å². The van der Waals surface area contributed by atoms with Crippen LogP contribution in [0, 0.1) is 0 Å². The molecule has 2 unspecified atom stereocenters. The number of benzene rings is 1. The molecule has 0 radical (unpaired) electrons. The van der Waals surface area contributed by atoms with Crippen LogP contribution in [0.3, 0.4) is 0 Å². The number of hydrogen-bond donors (Lipinski definition) is 2. The zero-order valence-corrected chi connectivity index (χ0v) is 12.9. The van der Waals surface area contributed by atoms with Crippen LogP contribution in [-0.4, -0.2) is 30.6 Å². The molecule has 2 fully saturated rings. The van der Waals surface area contributed by atoms with E-state index >= 15 is 0 Å². The number of piperidine rings is 1. The second kappa shape index (κ2) is 7.78. The molecule has 116 valence electrons. The molecule has 1 aromatic rings. The second-order valence-electron chi connectivity index (χ2n) is 5.85. The fourth-order valence-electron chi connectivity index (χ4n) is 3.28. The molecule has 3 rings (SSSR count). The molecule has 5 heteroatoms. The molecule has 2 N–H and O–H groups in total. The maximum atomic E-state index is 11.9. The van der Waals surface area contributed by atoms with Gasteiger partial charge in [0.05, 0.1) is 6.61 Å². The Hall–Kier alpha value is -1.10. The summed E-state index contributed by atoms with van der Waals surface area (Å²) in [6.07, 6.45) is 4.62. The van der Waals surface area contributed by atoms with E-state index in [1.54, 1.807) is 0 Å². The van der Waals surface area contributed by atoms with Crippen molar-refractivity contribution in [2.75, 3.05) is 6.61 Å². The molecule has 1 aromatic carbocycles. The Morgan fingerprint density at radius 2 is 1.86 bits per heavy atom. The first-order valence-corrected chi connectivity index (χ1v) is 7.46. The first-order valence-electron chi connectivity index (χ1n) is 7.46. The third-order valence-corrected chi connectivity index (χ3v) is 4.18. The molecule has 2 saturated heterocycles. The van der Waals surface area contributed by atoms with Crippen LogP contribution >= 0.6 is 12.4 Å². The van der Waals surface area contributed by atoms with Crippen molar-refractivity contribution in [1.29, 1.82) is 0 Å². The molecule has 2 bridgehead atoms. The smallest absolute Gasteiger partial charge is 0.246 e. The summed E-state index contributed by atoms with van der Waals surface area (Å²) in [5.74, 6) is 0.00670. The lowest BCUT2D eigenvalue weighted by atomic mass is 10.00. The van der Waals surface area contributed by atoms with Gasteiger partial charge in [0.25, 0.3) is 0 Å². The molecule has 2 aliphatic rings. The zero-order valence-electron chi connectivity index (χ0n) is 12.1. The molecule has 2 atom stereocenters. The van der Waals surface area contributed by atoms with Gasteiger partial charge in [-0.15, -0.1) is 12.4 Å². The normalized spacial score (nSPS) is 27.0. The molecule has 0 aromatic heterocycles. The van der Waals surface area contributed by atoms with E-state index < -0.39 is 0 Å². The quantitative estimate of drug-likeness (QED) is 0.875. The van der Waals surface area contributed by atoms with Crippen LogP contribution in [0.4, 0.5) is 0 Å². The third kappa shape index (κ3) is 4.70. The minimum atomic E-state index is 0. The Labute approximate surface area is 132 Å². The van der Waals surface area contributed by atoms with E-state index in [0.717, 1.165) is 18.4 Å². The van der Waals surface area contributed by atoms with Gasteiger partial charge in [-0.3, -0.25) is 4.79 Å². The summed E-state index contributed by atoms with van der Waals surface area (Å²) in [5.41, 5.74) is 1.10. The number of ether oxygens (including phenoxy) is 1. The van der Waals surface area contributed by atoms with Crippen LogP contribution < -0.4 is 10.6 Å². The van der Waals surface area contributed by atoms with Gasteiger partial charge < -0.3 is 15.4 Å². The number of hydrogen-bond acceptors (Lipinski definition) is 3. The number of amides is 1. The molecule has 4 nitrogen and oxygen atoms in total. The minimum Gasteiger partial charge on any atom is -0.367 e. The molecule has 2 aliphatic heterocycles. The summed E-state index contributed by atoms with van der Waals surface area (Å²) in [6, 6.07) is 11.5. The zero-order chi connectivity index (χ0) is 13.8. The van der Waals surface area contributed by atoms with Gasteiger partial charge in [-0.2, -0.15) is 0 Å². The van der Waals surface area contributed by atoms with Crippen molar-refractivity contribution in [2.24, 2.45) is 0 Å². The lowest BCUT2D eigenvalue weighted by molar-refractivity contribution is -0.127. The number of rotatable bonds is 5. The number of halogens is 1. The van der Waals surface area contributed by atoms with Crippen molar-refractivity contribution >= 4 is 18.3 Å². The van der Waals surface area contributed by atoms with Gasteiger partial charge >= 0.3 is 0 Å². The van der Waals surface area contributed by atoms with Crippen molar-refractivity contribution in [3.8, 4) is 0 Å². The molecule has 0 spiro atoms. The van der Waals surface area contributed by atoms with Gasteiger partial charge in [-0.25, -0.2) is 0 Å². The van der Waals surface area contributed by atoms with Crippen molar-refractivity contribution in [3.63, 3.8) is 0 Å². The molecule has 0 saturated carbocycles. The SMILES string of the molecule is Cl.O=C(COCc1ccccc1)NC1CC2CCC(C1)N2. The van der Waals surface area contributed by atoms with Crippen LogP contribution in [0.25, 0.3) is 0 Å². The average molecular weight is 311 g/mol. The average Bonchev–Trinajstić information content (AvgIpc) is 2.79. The Morgan fingerprint density at radius 3 is 2.52 bits per heavy atom. The van der Waals surface area contributed by atoms with E-state index in [1.165, 1.54) is 12.8 Å². The standard InChI is InChI=1S/C16H22N2O2.ClH/c19-16(11-20-10-12-4-2-1-3-5-12)18-15-8-13-6-7-14(9-15)17-13;/h1-5,13-15,17H,6-11H2,(H,18,19);1H. The van der Waals surface area contributed by atoms with Gasteiger partial charge in [0.2, 0.25) is 5.91 Å². The summed E-state index contributed by atoms with van der Waals surface area (Å²) < 4.78 is 5.46. The van der Waals surface area contributed by atoms with Crippen LogP contribution in [-0.2, 0) is 16.1 Å². The molecular weight excluding hydrogens is 288 g/mol. The van der Waals surface area contributed by atoms with Gasteiger partial charge in [0, 0.05) is 18.1 Å². The predicted octanol–water partition coefficient (Wildman–Crippen LogP) is 2.02. The van der Waals surface area contributed by atoms with Gasteiger partial charge in [-0.05, 0) is 31.2 Å². The number of carbonyl (C=O) groups excluding carboxylic acids is 1. The van der Waals surface area contributed by atoms with Crippen LogP contribution in [0.15, 0.2) is 30.3 Å². The van der Waals surface area contributed by atoms with Gasteiger partial charge in [0.1, 0.15) is 6.61 Å². The first-order chi connectivity index (χ1) is 9.79. The summed E-state index contributed by atoms with van der Waals surface area (Å²) >= 11 is 0. The van der Waals surface area contributed by atoms with E-state index in [2.05, 4.69) is 10.6 Å². The van der Waals surface area contributed by atoms with Crippen LogP contribution in [0.2, 0.25) is 0 Å². The largest absolute Gasteiger partial charge is 0.367 e. The highest BCUT2D eigenvalue weighted by molar-refractivity contribution is 5.85. The van der Waals surface area contributed by atoms with E-state index in [0.29, 0.717) is 24.7 Å². The lowest BCUT2D eigenvalue weighted by Gasteiger charge is -2.29.